The number of carbonyl (C=O) groups is 1. The molecule has 0 aliphatic heterocycles. The van der Waals surface area contributed by atoms with Gasteiger partial charge in [0, 0.05) is 26.1 Å². The smallest absolute Gasteiger partial charge is 0.289 e. The fourth-order valence-corrected chi connectivity index (χ4v) is 6.10. The van der Waals surface area contributed by atoms with Crippen LogP contribution in [0, 0.1) is 6.92 Å². The van der Waals surface area contributed by atoms with Crippen molar-refractivity contribution in [2.24, 2.45) is 0 Å². The fourth-order valence-electron chi connectivity index (χ4n) is 6.10. The Labute approximate surface area is 240 Å². The van der Waals surface area contributed by atoms with Crippen LogP contribution in [0.4, 0.5) is 0 Å². The van der Waals surface area contributed by atoms with E-state index in [9.17, 15) is 4.79 Å². The maximum absolute atomic E-state index is 13.8. The number of furan rings is 1. The lowest BCUT2D eigenvalue weighted by atomic mass is 9.62. The summed E-state index contributed by atoms with van der Waals surface area (Å²) < 4.78 is 6.25. The van der Waals surface area contributed by atoms with Gasteiger partial charge in [0.25, 0.3) is 5.91 Å². The Bertz CT molecular complexity index is 1520. The lowest BCUT2D eigenvalue weighted by Crippen LogP contribution is -2.36. The molecule has 0 radical (unpaired) electrons. The zero-order chi connectivity index (χ0) is 28.7. The molecule has 1 aliphatic rings. The van der Waals surface area contributed by atoms with Crippen LogP contribution in [0.2, 0.25) is 0 Å². The van der Waals surface area contributed by atoms with Crippen molar-refractivity contribution in [2.75, 3.05) is 27.2 Å². The normalized spacial score (nSPS) is 15.8. The van der Waals surface area contributed by atoms with E-state index in [-0.39, 0.29) is 16.7 Å². The molecule has 1 aromatic heterocycles. The molecule has 0 unspecified atom stereocenters. The molecule has 210 valence electrons. The van der Waals surface area contributed by atoms with Crippen molar-refractivity contribution in [3.63, 3.8) is 0 Å². The van der Waals surface area contributed by atoms with Crippen LogP contribution >= 0.6 is 0 Å². The number of benzene rings is 3. The number of hydrogen-bond donors (Lipinski definition) is 0. The molecule has 4 aromatic rings. The maximum Gasteiger partial charge on any atom is 0.289 e. The van der Waals surface area contributed by atoms with Crippen LogP contribution in [0.25, 0.3) is 10.8 Å². The second-order valence-electron chi connectivity index (χ2n) is 13.2. The number of amides is 1. The Morgan fingerprint density at radius 1 is 0.825 bits per heavy atom. The second kappa shape index (κ2) is 10.9. The average Bonchev–Trinajstić information content (AvgIpc) is 3.38. The van der Waals surface area contributed by atoms with Crippen molar-refractivity contribution < 1.29 is 9.21 Å². The monoisotopic (exact) mass is 536 g/mol. The first-order valence-electron chi connectivity index (χ1n) is 14.6. The molecule has 4 nitrogen and oxygen atoms in total. The van der Waals surface area contributed by atoms with Crippen molar-refractivity contribution in [1.82, 2.24) is 9.80 Å². The molecule has 0 N–H and O–H groups in total. The minimum Gasteiger partial charge on any atom is -0.456 e. The minimum absolute atomic E-state index is 0.0638. The Kier molecular flexibility index (Phi) is 7.67. The highest BCUT2D eigenvalue weighted by Crippen LogP contribution is 2.46. The molecule has 1 aliphatic carbocycles. The summed E-state index contributed by atoms with van der Waals surface area (Å²) in [6.45, 7) is 13.6. The summed E-state index contributed by atoms with van der Waals surface area (Å²) in [7, 11) is 4.07. The van der Waals surface area contributed by atoms with Crippen LogP contribution in [0.15, 0.2) is 71.1 Å². The lowest BCUT2D eigenvalue weighted by Gasteiger charge is -2.42. The highest BCUT2D eigenvalue weighted by molar-refractivity contribution is 5.92. The summed E-state index contributed by atoms with van der Waals surface area (Å²) >= 11 is 0. The Balaban J connectivity index is 1.40. The van der Waals surface area contributed by atoms with Gasteiger partial charge in [-0.3, -0.25) is 4.79 Å². The predicted octanol–water partition coefficient (Wildman–Crippen LogP) is 7.89. The molecule has 40 heavy (non-hydrogen) atoms. The van der Waals surface area contributed by atoms with Crippen molar-refractivity contribution in [2.45, 2.75) is 71.3 Å². The molecule has 0 atom stereocenters. The average molecular weight is 537 g/mol. The maximum atomic E-state index is 13.8. The first kappa shape index (κ1) is 28.2. The largest absolute Gasteiger partial charge is 0.456 e. The summed E-state index contributed by atoms with van der Waals surface area (Å²) in [5.74, 6) is 1.18. The zero-order valence-corrected chi connectivity index (χ0v) is 25.3. The highest BCUT2D eigenvalue weighted by Gasteiger charge is 2.37. The van der Waals surface area contributed by atoms with Gasteiger partial charge in [0.2, 0.25) is 0 Å². The third-order valence-electron chi connectivity index (χ3n) is 8.89. The lowest BCUT2D eigenvalue weighted by molar-refractivity contribution is 0.0699. The van der Waals surface area contributed by atoms with E-state index in [2.05, 4.69) is 94.1 Å². The number of fused-ring (bicyclic) bond motifs is 2. The fraction of sp³-hybridized carbons (Fsp3) is 0.417. The molecule has 0 bridgehead atoms. The first-order valence-corrected chi connectivity index (χ1v) is 14.6. The molecule has 0 saturated carbocycles. The zero-order valence-electron chi connectivity index (χ0n) is 25.3. The molecule has 0 fully saturated rings. The summed E-state index contributed by atoms with van der Waals surface area (Å²) in [6, 6.07) is 23.3. The van der Waals surface area contributed by atoms with Crippen molar-refractivity contribution in [1.29, 1.82) is 0 Å². The van der Waals surface area contributed by atoms with E-state index in [1.54, 1.807) is 0 Å². The molecule has 5 rings (SSSR count). The molecule has 3 aromatic carbocycles. The minimum atomic E-state index is -0.0638. The van der Waals surface area contributed by atoms with Crippen molar-refractivity contribution in [3.8, 4) is 0 Å². The molecule has 1 heterocycles. The van der Waals surface area contributed by atoms with E-state index in [1.165, 1.54) is 45.9 Å². The van der Waals surface area contributed by atoms with Crippen molar-refractivity contribution >= 4 is 16.7 Å². The number of aryl methyl sites for hydroxylation is 1. The predicted molar refractivity (Wildman–Crippen MR) is 165 cm³/mol. The molecule has 1 amide bonds. The molecular formula is C36H44N2O2. The molecular weight excluding hydrogens is 492 g/mol. The topological polar surface area (TPSA) is 36.7 Å². The van der Waals surface area contributed by atoms with Crippen LogP contribution in [-0.4, -0.2) is 42.9 Å². The summed E-state index contributed by atoms with van der Waals surface area (Å²) in [6.07, 6.45) is 3.08. The van der Waals surface area contributed by atoms with Gasteiger partial charge in [-0.05, 0) is 95.4 Å². The van der Waals surface area contributed by atoms with E-state index in [0.717, 1.165) is 17.9 Å². The second-order valence-corrected chi connectivity index (χ2v) is 13.2. The van der Waals surface area contributed by atoms with Gasteiger partial charge >= 0.3 is 0 Å². The van der Waals surface area contributed by atoms with E-state index in [0.29, 0.717) is 25.3 Å². The SMILES string of the molecule is Cc1cc2c(cc1Cc1ccc(C(=O)N(CCN(C)C)Cc3cccc4ccccc34)o1)C(C)(C)CCC2(C)C. The number of nitrogens with zero attached hydrogens (tertiary/aromatic N) is 2. The van der Waals surface area contributed by atoms with E-state index < -0.39 is 0 Å². The Morgan fingerprint density at radius 3 is 2.23 bits per heavy atom. The quantitative estimate of drug-likeness (QED) is 0.230. The van der Waals surface area contributed by atoms with Gasteiger partial charge in [0.15, 0.2) is 5.76 Å². The Hall–Kier alpha value is -3.37. The van der Waals surface area contributed by atoms with Crippen LogP contribution in [0.3, 0.4) is 0 Å². The van der Waals surface area contributed by atoms with Crippen LogP contribution < -0.4 is 0 Å². The van der Waals surface area contributed by atoms with Crippen LogP contribution in [0.1, 0.15) is 84.7 Å². The van der Waals surface area contributed by atoms with Crippen LogP contribution in [-0.2, 0) is 23.8 Å². The van der Waals surface area contributed by atoms with Gasteiger partial charge in [0.05, 0.1) is 0 Å². The van der Waals surface area contributed by atoms with E-state index in [4.69, 9.17) is 4.42 Å². The first-order chi connectivity index (χ1) is 18.9. The van der Waals surface area contributed by atoms with Gasteiger partial charge in [-0.15, -0.1) is 0 Å². The van der Waals surface area contributed by atoms with Gasteiger partial charge in [-0.1, -0.05) is 82.3 Å². The standard InChI is InChI=1S/C36H44N2O2/c1-25-21-31-32(36(4,5)18-17-35(31,2)3)23-28(25)22-29-15-16-33(40-29)34(39)38(20-19-37(6)7)24-27-13-10-12-26-11-8-9-14-30(26)27/h8-16,21,23H,17-20,22,24H2,1-7H3. The molecule has 4 heteroatoms. The highest BCUT2D eigenvalue weighted by atomic mass is 16.4. The number of hydrogen-bond acceptors (Lipinski definition) is 3. The van der Waals surface area contributed by atoms with E-state index >= 15 is 0 Å². The third kappa shape index (κ3) is 5.74. The third-order valence-corrected chi connectivity index (χ3v) is 8.89. The Morgan fingerprint density at radius 2 is 1.50 bits per heavy atom. The van der Waals surface area contributed by atoms with Crippen LogP contribution in [0.5, 0.6) is 0 Å². The molecule has 0 spiro atoms. The van der Waals surface area contributed by atoms with Gasteiger partial charge in [0.1, 0.15) is 5.76 Å². The van der Waals surface area contributed by atoms with Gasteiger partial charge < -0.3 is 14.2 Å². The summed E-state index contributed by atoms with van der Waals surface area (Å²) in [5, 5.41) is 2.37. The van der Waals surface area contributed by atoms with E-state index in [1.807, 2.05) is 31.1 Å². The number of likely N-dealkylation sites (N-methyl/N-ethyl adjacent to an activating group) is 1. The van der Waals surface area contributed by atoms with Crippen molar-refractivity contribution in [3.05, 3.63) is 106 Å². The summed E-state index contributed by atoms with van der Waals surface area (Å²) in [5.41, 5.74) is 7.00. The molecule has 0 saturated heterocycles. The number of rotatable bonds is 8. The van der Waals surface area contributed by atoms with Gasteiger partial charge in [-0.25, -0.2) is 0 Å². The number of carbonyl (C=O) groups excluding carboxylic acids is 1. The summed E-state index contributed by atoms with van der Waals surface area (Å²) in [4.78, 5) is 17.8. The van der Waals surface area contributed by atoms with Gasteiger partial charge in [-0.2, -0.15) is 0 Å².